The molecular formula is C12H18FNO2. The van der Waals surface area contributed by atoms with E-state index in [1.807, 2.05) is 6.92 Å². The third-order valence-corrected chi connectivity index (χ3v) is 2.75. The van der Waals surface area contributed by atoms with Crippen molar-refractivity contribution in [3.05, 3.63) is 29.6 Å². The van der Waals surface area contributed by atoms with Gasteiger partial charge in [-0.1, -0.05) is 19.1 Å². The molecule has 3 nitrogen and oxygen atoms in total. The lowest BCUT2D eigenvalue weighted by atomic mass is 9.88. The van der Waals surface area contributed by atoms with Gasteiger partial charge in [-0.25, -0.2) is 4.39 Å². The molecule has 0 aliphatic rings. The van der Waals surface area contributed by atoms with Gasteiger partial charge in [0.2, 0.25) is 0 Å². The molecule has 16 heavy (non-hydrogen) atoms. The van der Waals surface area contributed by atoms with E-state index in [-0.39, 0.29) is 12.4 Å². The standard InChI is InChI=1S/C12H18FNO2/c1-4-12(14,8-15-2)9-6-5-7-10(16-3)11(9)13/h5-7H,4,8,14H2,1-3H3. The maximum atomic E-state index is 14.0. The van der Waals surface area contributed by atoms with E-state index >= 15 is 0 Å². The zero-order chi connectivity index (χ0) is 12.2. The molecule has 0 saturated carbocycles. The van der Waals surface area contributed by atoms with Crippen LogP contribution in [0.1, 0.15) is 18.9 Å². The zero-order valence-corrected chi connectivity index (χ0v) is 9.92. The van der Waals surface area contributed by atoms with Crippen LogP contribution in [0.15, 0.2) is 18.2 Å². The Morgan fingerprint density at radius 2 is 2.06 bits per heavy atom. The quantitative estimate of drug-likeness (QED) is 0.837. The van der Waals surface area contributed by atoms with Crippen LogP contribution in [0.2, 0.25) is 0 Å². The lowest BCUT2D eigenvalue weighted by Crippen LogP contribution is -2.41. The topological polar surface area (TPSA) is 44.5 Å². The van der Waals surface area contributed by atoms with Crippen molar-refractivity contribution in [2.75, 3.05) is 20.8 Å². The zero-order valence-electron chi connectivity index (χ0n) is 9.92. The Morgan fingerprint density at radius 3 is 2.56 bits per heavy atom. The molecule has 0 radical (unpaired) electrons. The summed E-state index contributed by atoms with van der Waals surface area (Å²) in [6.07, 6.45) is 0.588. The Bertz CT molecular complexity index is 357. The summed E-state index contributed by atoms with van der Waals surface area (Å²) >= 11 is 0. The van der Waals surface area contributed by atoms with Crippen LogP contribution in [0.5, 0.6) is 5.75 Å². The summed E-state index contributed by atoms with van der Waals surface area (Å²) in [5, 5.41) is 0. The van der Waals surface area contributed by atoms with Gasteiger partial charge in [0.15, 0.2) is 11.6 Å². The Balaban J connectivity index is 3.19. The van der Waals surface area contributed by atoms with Crippen molar-refractivity contribution in [2.24, 2.45) is 5.73 Å². The highest BCUT2D eigenvalue weighted by Gasteiger charge is 2.29. The minimum Gasteiger partial charge on any atom is -0.494 e. The fraction of sp³-hybridized carbons (Fsp3) is 0.500. The summed E-state index contributed by atoms with van der Waals surface area (Å²) in [4.78, 5) is 0. The number of methoxy groups -OCH3 is 2. The lowest BCUT2D eigenvalue weighted by molar-refractivity contribution is 0.126. The Hall–Kier alpha value is -1.13. The normalized spacial score (nSPS) is 14.6. The minimum absolute atomic E-state index is 0.205. The van der Waals surface area contributed by atoms with Crippen LogP contribution in [0.4, 0.5) is 4.39 Å². The molecule has 1 unspecified atom stereocenters. The smallest absolute Gasteiger partial charge is 0.170 e. The van der Waals surface area contributed by atoms with Crippen LogP contribution in [-0.2, 0) is 10.3 Å². The molecule has 0 bridgehead atoms. The third-order valence-electron chi connectivity index (χ3n) is 2.75. The molecule has 0 aliphatic carbocycles. The average molecular weight is 227 g/mol. The van der Waals surface area contributed by atoms with Crippen molar-refractivity contribution >= 4 is 0 Å². The number of halogens is 1. The first-order valence-electron chi connectivity index (χ1n) is 5.20. The molecule has 1 aromatic carbocycles. The van der Waals surface area contributed by atoms with Gasteiger partial charge in [-0.05, 0) is 12.5 Å². The highest BCUT2D eigenvalue weighted by Crippen LogP contribution is 2.29. The van der Waals surface area contributed by atoms with Gasteiger partial charge in [0.1, 0.15) is 0 Å². The molecule has 1 rings (SSSR count). The summed E-state index contributed by atoms with van der Waals surface area (Å²) in [5.41, 5.74) is 5.75. The largest absolute Gasteiger partial charge is 0.494 e. The van der Waals surface area contributed by atoms with Gasteiger partial charge in [-0.15, -0.1) is 0 Å². The number of nitrogens with two attached hydrogens (primary N) is 1. The van der Waals surface area contributed by atoms with Gasteiger partial charge >= 0.3 is 0 Å². The number of rotatable bonds is 5. The van der Waals surface area contributed by atoms with Gasteiger partial charge in [0.05, 0.1) is 19.3 Å². The van der Waals surface area contributed by atoms with Crippen molar-refractivity contribution in [3.63, 3.8) is 0 Å². The summed E-state index contributed by atoms with van der Waals surface area (Å²) in [6, 6.07) is 4.96. The maximum absolute atomic E-state index is 14.0. The van der Waals surface area contributed by atoms with Crippen molar-refractivity contribution in [3.8, 4) is 5.75 Å². The van der Waals surface area contributed by atoms with Crippen LogP contribution in [0, 0.1) is 5.82 Å². The second kappa shape index (κ2) is 5.27. The molecule has 1 aromatic rings. The first kappa shape index (κ1) is 12.9. The monoisotopic (exact) mass is 227 g/mol. The molecule has 0 saturated heterocycles. The highest BCUT2D eigenvalue weighted by molar-refractivity contribution is 5.35. The number of hydrogen-bond acceptors (Lipinski definition) is 3. The number of hydrogen-bond donors (Lipinski definition) is 1. The van der Waals surface area contributed by atoms with Crippen molar-refractivity contribution in [1.82, 2.24) is 0 Å². The van der Waals surface area contributed by atoms with E-state index < -0.39 is 11.4 Å². The molecule has 0 spiro atoms. The first-order chi connectivity index (χ1) is 7.59. The van der Waals surface area contributed by atoms with Crippen molar-refractivity contribution in [2.45, 2.75) is 18.9 Å². The van der Waals surface area contributed by atoms with Gasteiger partial charge in [-0.2, -0.15) is 0 Å². The van der Waals surface area contributed by atoms with E-state index in [4.69, 9.17) is 15.2 Å². The predicted molar refractivity (Wildman–Crippen MR) is 61.0 cm³/mol. The van der Waals surface area contributed by atoms with Gasteiger partial charge < -0.3 is 15.2 Å². The molecule has 0 heterocycles. The fourth-order valence-corrected chi connectivity index (χ4v) is 1.68. The second-order valence-corrected chi connectivity index (χ2v) is 3.76. The molecule has 4 heteroatoms. The maximum Gasteiger partial charge on any atom is 0.170 e. The van der Waals surface area contributed by atoms with Crippen LogP contribution in [0.3, 0.4) is 0 Å². The third kappa shape index (κ3) is 2.33. The number of ether oxygens (including phenoxy) is 2. The molecule has 0 amide bonds. The van der Waals surface area contributed by atoms with E-state index in [1.165, 1.54) is 7.11 Å². The van der Waals surface area contributed by atoms with E-state index in [1.54, 1.807) is 25.3 Å². The van der Waals surface area contributed by atoms with Crippen molar-refractivity contribution < 1.29 is 13.9 Å². The highest BCUT2D eigenvalue weighted by atomic mass is 19.1. The summed E-state index contributed by atoms with van der Waals surface area (Å²) < 4.78 is 24.0. The Morgan fingerprint density at radius 1 is 1.38 bits per heavy atom. The summed E-state index contributed by atoms with van der Waals surface area (Å²) in [7, 11) is 2.98. The van der Waals surface area contributed by atoms with Gasteiger partial charge in [0, 0.05) is 12.7 Å². The van der Waals surface area contributed by atoms with Crippen LogP contribution < -0.4 is 10.5 Å². The second-order valence-electron chi connectivity index (χ2n) is 3.76. The SMILES string of the molecule is CCC(N)(COC)c1cccc(OC)c1F. The van der Waals surface area contributed by atoms with Gasteiger partial charge in [0.25, 0.3) is 0 Å². The van der Waals surface area contributed by atoms with Crippen LogP contribution >= 0.6 is 0 Å². The molecule has 1 atom stereocenters. The molecular weight excluding hydrogens is 209 g/mol. The predicted octanol–water partition coefficient (Wildman–Crippen LogP) is 2.04. The summed E-state index contributed by atoms with van der Waals surface area (Å²) in [6.45, 7) is 2.17. The Kier molecular flexibility index (Phi) is 4.26. The first-order valence-corrected chi connectivity index (χ1v) is 5.20. The van der Waals surface area contributed by atoms with E-state index in [0.29, 0.717) is 12.0 Å². The Labute approximate surface area is 95.4 Å². The van der Waals surface area contributed by atoms with Gasteiger partial charge in [-0.3, -0.25) is 0 Å². The average Bonchev–Trinajstić information content (AvgIpc) is 2.29. The van der Waals surface area contributed by atoms with E-state index in [9.17, 15) is 4.39 Å². The van der Waals surface area contributed by atoms with Crippen LogP contribution in [-0.4, -0.2) is 20.8 Å². The number of benzene rings is 1. The lowest BCUT2D eigenvalue weighted by Gasteiger charge is -2.28. The molecule has 90 valence electrons. The van der Waals surface area contributed by atoms with Crippen LogP contribution in [0.25, 0.3) is 0 Å². The minimum atomic E-state index is -0.812. The van der Waals surface area contributed by atoms with Crippen molar-refractivity contribution in [1.29, 1.82) is 0 Å². The fourth-order valence-electron chi connectivity index (χ4n) is 1.68. The molecule has 0 fully saturated rings. The van der Waals surface area contributed by atoms with E-state index in [2.05, 4.69) is 0 Å². The summed E-state index contributed by atoms with van der Waals surface area (Å²) in [5.74, 6) is -0.205. The van der Waals surface area contributed by atoms with E-state index in [0.717, 1.165) is 0 Å². The molecule has 0 aromatic heterocycles. The molecule has 0 aliphatic heterocycles. The molecule has 2 N–H and O–H groups in total.